The molecule has 0 nitrogen and oxygen atoms in total. The van der Waals surface area contributed by atoms with Crippen molar-refractivity contribution in [1.29, 1.82) is 0 Å². The maximum absolute atomic E-state index is 3.77. The Hall–Kier alpha value is -0.260. The Morgan fingerprint density at radius 1 is 0.536 bits per heavy atom. The molecule has 0 saturated heterocycles. The summed E-state index contributed by atoms with van der Waals surface area (Å²) in [5.41, 5.74) is 0. The van der Waals surface area contributed by atoms with Crippen molar-refractivity contribution in [1.82, 2.24) is 0 Å². The summed E-state index contributed by atoms with van der Waals surface area (Å²) in [4.78, 5) is 0. The van der Waals surface area contributed by atoms with Gasteiger partial charge in [0.05, 0.1) is 0 Å². The molecule has 0 radical (unpaired) electrons. The van der Waals surface area contributed by atoms with Crippen LogP contribution in [0.2, 0.25) is 0 Å². The van der Waals surface area contributed by atoms with E-state index >= 15 is 0 Å². The van der Waals surface area contributed by atoms with Crippen LogP contribution in [0.15, 0.2) is 12.7 Å². The minimum absolute atomic E-state index is 0.816. The average molecular weight is 397 g/mol. The van der Waals surface area contributed by atoms with Crippen LogP contribution in [0.5, 0.6) is 0 Å². The fraction of sp³-hybridized carbons (Fsp3) is 0.929. The highest BCUT2D eigenvalue weighted by Gasteiger charge is 2.12. The van der Waals surface area contributed by atoms with Gasteiger partial charge in [0.25, 0.3) is 0 Å². The van der Waals surface area contributed by atoms with Gasteiger partial charge >= 0.3 is 0 Å². The molecule has 0 aromatic heterocycles. The van der Waals surface area contributed by atoms with Crippen molar-refractivity contribution in [3.63, 3.8) is 0 Å². The molecule has 0 heterocycles. The van der Waals surface area contributed by atoms with Crippen molar-refractivity contribution in [3.8, 4) is 0 Å². The average Bonchev–Trinajstić information content (AvgIpc) is 2.55. The lowest BCUT2D eigenvalue weighted by Crippen LogP contribution is -2.09. The van der Waals surface area contributed by atoms with E-state index in [2.05, 4.69) is 75.8 Å². The van der Waals surface area contributed by atoms with Gasteiger partial charge in [0.1, 0.15) is 0 Å². The molecule has 5 atom stereocenters. The Morgan fingerprint density at radius 2 is 0.857 bits per heavy atom. The Labute approximate surface area is 182 Å². The number of hydrogen-bond donors (Lipinski definition) is 0. The summed E-state index contributed by atoms with van der Waals surface area (Å²) in [6, 6.07) is 0. The van der Waals surface area contributed by atoms with Gasteiger partial charge in [-0.1, -0.05) is 95.6 Å². The normalized spacial score (nSPS) is 16.2. The maximum atomic E-state index is 3.77. The lowest BCUT2D eigenvalue weighted by Gasteiger charge is -2.21. The summed E-state index contributed by atoms with van der Waals surface area (Å²) < 4.78 is 0. The molecule has 0 aromatic rings. The van der Waals surface area contributed by atoms with Crippen molar-refractivity contribution >= 4 is 0 Å². The molecule has 172 valence electrons. The summed E-state index contributed by atoms with van der Waals surface area (Å²) in [6.07, 6.45) is 11.5. The van der Waals surface area contributed by atoms with E-state index in [1.54, 1.807) is 0 Å². The second-order valence-electron chi connectivity index (χ2n) is 10.4. The lowest BCUT2D eigenvalue weighted by atomic mass is 9.85. The van der Waals surface area contributed by atoms with Gasteiger partial charge < -0.3 is 0 Å². The van der Waals surface area contributed by atoms with Crippen molar-refractivity contribution in [2.24, 2.45) is 41.4 Å². The largest absolute Gasteiger partial charge is 0.103 e. The summed E-state index contributed by atoms with van der Waals surface area (Å²) in [5, 5.41) is 0. The maximum Gasteiger partial charge on any atom is -0.0327 e. The second kappa shape index (κ2) is 21.4. The Balaban J connectivity index is -0.000000414. The zero-order valence-corrected chi connectivity index (χ0v) is 22.3. The van der Waals surface area contributed by atoms with Crippen molar-refractivity contribution < 1.29 is 0 Å². The molecule has 5 unspecified atom stereocenters. The Bertz CT molecular complexity index is 301. The Morgan fingerprint density at radius 3 is 1.18 bits per heavy atom. The minimum atomic E-state index is 0.816. The molecular weight excluding hydrogens is 336 g/mol. The van der Waals surface area contributed by atoms with Crippen LogP contribution in [0.3, 0.4) is 0 Å². The van der Waals surface area contributed by atoms with Crippen molar-refractivity contribution in [3.05, 3.63) is 12.7 Å². The third kappa shape index (κ3) is 25.7. The van der Waals surface area contributed by atoms with Gasteiger partial charge in [-0.15, -0.1) is 6.58 Å². The lowest BCUT2D eigenvalue weighted by molar-refractivity contribution is 0.310. The molecule has 0 N–H and O–H groups in total. The van der Waals surface area contributed by atoms with Crippen LogP contribution in [0.4, 0.5) is 0 Å². The van der Waals surface area contributed by atoms with Gasteiger partial charge in [-0.3, -0.25) is 0 Å². The molecule has 28 heavy (non-hydrogen) atoms. The molecule has 0 rings (SSSR count). The van der Waals surface area contributed by atoms with E-state index < -0.39 is 0 Å². The van der Waals surface area contributed by atoms with Crippen LogP contribution >= 0.6 is 0 Å². The van der Waals surface area contributed by atoms with Crippen LogP contribution in [0.1, 0.15) is 128 Å². The molecule has 0 spiro atoms. The van der Waals surface area contributed by atoms with E-state index in [1.807, 2.05) is 19.9 Å². The van der Waals surface area contributed by atoms with Crippen LogP contribution in [0.25, 0.3) is 0 Å². The van der Waals surface area contributed by atoms with Gasteiger partial charge in [0.2, 0.25) is 0 Å². The highest BCUT2D eigenvalue weighted by Crippen LogP contribution is 2.25. The first kappa shape index (κ1) is 32.4. The first-order chi connectivity index (χ1) is 13.0. The summed E-state index contributed by atoms with van der Waals surface area (Å²) in [7, 11) is 0. The van der Waals surface area contributed by atoms with E-state index in [9.17, 15) is 0 Å². The van der Waals surface area contributed by atoms with Crippen LogP contribution in [0, 0.1) is 41.4 Å². The number of rotatable bonds is 13. The topological polar surface area (TPSA) is 0 Å². The van der Waals surface area contributed by atoms with Crippen molar-refractivity contribution in [2.45, 2.75) is 128 Å². The zero-order chi connectivity index (χ0) is 22.7. The molecular formula is C28H60. The SMILES string of the molecule is C=CCC(C)CC(C)CC(C)C.CC.CCC(C)CC(C)CC(C)CC(C)C. The van der Waals surface area contributed by atoms with E-state index in [0.717, 1.165) is 41.4 Å². The first-order valence-electron chi connectivity index (χ1n) is 12.6. The molecule has 0 fully saturated rings. The predicted molar refractivity (Wildman–Crippen MR) is 135 cm³/mol. The highest BCUT2D eigenvalue weighted by molar-refractivity contribution is 4.72. The third-order valence-corrected chi connectivity index (χ3v) is 5.43. The molecule has 0 amide bonds. The Kier molecular flexibility index (Phi) is 24.8. The quantitative estimate of drug-likeness (QED) is 0.271. The highest BCUT2D eigenvalue weighted by atomic mass is 14.2. The fourth-order valence-electron chi connectivity index (χ4n) is 4.51. The minimum Gasteiger partial charge on any atom is -0.103 e. The molecule has 0 aliphatic carbocycles. The standard InChI is InChI=1S/C14H30.C12H24.C2H6/c1-7-12(4)9-14(6)10-13(5)8-11(2)3;1-6-7-11(4)9-12(5)8-10(2)3;1-2/h11-14H,7-10H2,1-6H3;6,10-12H,1,7-9H2,2-5H3;1-2H3. The fourth-order valence-corrected chi connectivity index (χ4v) is 4.51. The van der Waals surface area contributed by atoms with Gasteiger partial charge in [0.15, 0.2) is 0 Å². The van der Waals surface area contributed by atoms with Gasteiger partial charge in [-0.2, -0.15) is 0 Å². The molecule has 0 aliphatic heterocycles. The smallest absolute Gasteiger partial charge is 0.0327 e. The van der Waals surface area contributed by atoms with E-state index in [-0.39, 0.29) is 0 Å². The summed E-state index contributed by atoms with van der Waals surface area (Å²) >= 11 is 0. The van der Waals surface area contributed by atoms with E-state index in [4.69, 9.17) is 0 Å². The molecule has 0 aromatic carbocycles. The van der Waals surface area contributed by atoms with Crippen LogP contribution in [-0.4, -0.2) is 0 Å². The van der Waals surface area contributed by atoms with Crippen LogP contribution < -0.4 is 0 Å². The summed E-state index contributed by atoms with van der Waals surface area (Å²) in [6.45, 7) is 31.2. The van der Waals surface area contributed by atoms with E-state index in [1.165, 1.54) is 44.9 Å². The third-order valence-electron chi connectivity index (χ3n) is 5.43. The first-order valence-corrected chi connectivity index (χ1v) is 12.6. The monoisotopic (exact) mass is 396 g/mol. The van der Waals surface area contributed by atoms with Gasteiger partial charge in [-0.25, -0.2) is 0 Å². The van der Waals surface area contributed by atoms with Gasteiger partial charge in [0, 0.05) is 0 Å². The predicted octanol–water partition coefficient (Wildman–Crippen LogP) is 10.4. The zero-order valence-electron chi connectivity index (χ0n) is 22.3. The molecule has 0 heteroatoms. The van der Waals surface area contributed by atoms with Crippen LogP contribution in [-0.2, 0) is 0 Å². The molecule has 0 saturated carbocycles. The molecule has 0 aliphatic rings. The second-order valence-corrected chi connectivity index (χ2v) is 10.4. The number of allylic oxidation sites excluding steroid dienone is 1. The number of hydrogen-bond acceptors (Lipinski definition) is 0. The van der Waals surface area contributed by atoms with Gasteiger partial charge in [-0.05, 0) is 80.0 Å². The molecule has 0 bridgehead atoms. The van der Waals surface area contributed by atoms with E-state index in [0.29, 0.717) is 0 Å². The van der Waals surface area contributed by atoms with Crippen molar-refractivity contribution in [2.75, 3.05) is 0 Å². The summed E-state index contributed by atoms with van der Waals surface area (Å²) in [5.74, 6) is 6.14.